The fraction of sp³-hybridized carbons (Fsp3) is 0.417. The maximum Gasteiger partial charge on any atom is 0.124 e. The van der Waals surface area contributed by atoms with Crippen LogP contribution in [0.5, 0.6) is 0 Å². The first-order valence-electron chi connectivity index (χ1n) is 5.51. The van der Waals surface area contributed by atoms with Gasteiger partial charge in [0, 0.05) is 15.1 Å². The molecule has 0 bridgehead atoms. The highest BCUT2D eigenvalue weighted by molar-refractivity contribution is 14.1. The van der Waals surface area contributed by atoms with Crippen LogP contribution >= 0.6 is 22.6 Å². The van der Waals surface area contributed by atoms with Gasteiger partial charge in [-0.25, -0.2) is 4.39 Å². The molecule has 0 aliphatic heterocycles. The molecule has 0 aromatic heterocycles. The summed E-state index contributed by atoms with van der Waals surface area (Å²) in [6.07, 6.45) is 1.59. The molecule has 0 aliphatic carbocycles. The van der Waals surface area contributed by atoms with E-state index in [9.17, 15) is 4.39 Å². The van der Waals surface area contributed by atoms with E-state index in [1.165, 1.54) is 12.1 Å². The van der Waals surface area contributed by atoms with Gasteiger partial charge in [0.1, 0.15) is 5.82 Å². The first kappa shape index (κ1) is 14.4. The Balaban J connectivity index is 3.09. The summed E-state index contributed by atoms with van der Waals surface area (Å²) in [5.74, 6) is -0.189. The molecular formula is C12H16FIN2O. The number of nitrogens with two attached hydrogens (primary N) is 1. The van der Waals surface area contributed by atoms with Gasteiger partial charge in [0.15, 0.2) is 0 Å². The first-order chi connectivity index (χ1) is 8.13. The zero-order chi connectivity index (χ0) is 12.8. The molecule has 17 heavy (non-hydrogen) atoms. The molecule has 1 unspecified atom stereocenters. The predicted octanol–water partition coefficient (Wildman–Crippen LogP) is 2.98. The lowest BCUT2D eigenvalue weighted by molar-refractivity contribution is 0.314. The molecule has 0 aliphatic rings. The van der Waals surface area contributed by atoms with Crippen LogP contribution in [0.15, 0.2) is 23.4 Å². The zero-order valence-electron chi connectivity index (χ0n) is 9.66. The minimum atomic E-state index is -0.290. The molecule has 3 nitrogen and oxygen atoms in total. The second kappa shape index (κ2) is 6.90. The van der Waals surface area contributed by atoms with Crippen molar-refractivity contribution in [2.24, 2.45) is 16.8 Å². The summed E-state index contributed by atoms with van der Waals surface area (Å²) >= 11 is 2.04. The molecular weight excluding hydrogens is 334 g/mol. The number of hydrogen-bond acceptors (Lipinski definition) is 3. The van der Waals surface area contributed by atoms with E-state index in [2.05, 4.69) is 5.16 Å². The van der Waals surface area contributed by atoms with Crippen molar-refractivity contribution in [2.45, 2.75) is 19.8 Å². The molecule has 1 aromatic carbocycles. The number of hydrogen-bond donors (Lipinski definition) is 2. The summed E-state index contributed by atoms with van der Waals surface area (Å²) in [5, 5.41) is 12.5. The Morgan fingerprint density at radius 3 is 2.76 bits per heavy atom. The Hall–Kier alpha value is -0.690. The highest BCUT2D eigenvalue weighted by Gasteiger charge is 2.18. The molecule has 1 aromatic rings. The summed E-state index contributed by atoms with van der Waals surface area (Å²) in [6, 6.07) is 4.44. The monoisotopic (exact) mass is 350 g/mol. The van der Waals surface area contributed by atoms with Gasteiger partial charge in [0.2, 0.25) is 0 Å². The number of benzene rings is 1. The van der Waals surface area contributed by atoms with Crippen molar-refractivity contribution in [3.05, 3.63) is 33.1 Å². The summed E-state index contributed by atoms with van der Waals surface area (Å²) in [7, 11) is 0. The maximum atomic E-state index is 13.0. The molecule has 3 N–H and O–H groups in total. The Kier molecular flexibility index (Phi) is 5.84. The number of oxime groups is 1. The van der Waals surface area contributed by atoms with Gasteiger partial charge in [-0.1, -0.05) is 12.1 Å². The lowest BCUT2D eigenvalue weighted by Crippen LogP contribution is -2.20. The van der Waals surface area contributed by atoms with Crippen molar-refractivity contribution in [1.29, 1.82) is 0 Å². The third-order valence-corrected chi connectivity index (χ3v) is 3.60. The minimum absolute atomic E-state index is 0.101. The van der Waals surface area contributed by atoms with Crippen LogP contribution in [0, 0.1) is 15.3 Å². The standard InChI is InChI=1S/C12H16FIN2O/c1-2-8(5-6-15)12(16-17)10-4-3-9(13)7-11(10)14/h3-4,7-8,17H,2,5-6,15H2,1H3/b16-12-. The van der Waals surface area contributed by atoms with Crippen molar-refractivity contribution in [3.8, 4) is 0 Å². The van der Waals surface area contributed by atoms with Gasteiger partial charge < -0.3 is 10.9 Å². The molecule has 1 atom stereocenters. The maximum absolute atomic E-state index is 13.0. The normalized spacial score (nSPS) is 13.8. The third-order valence-electron chi connectivity index (χ3n) is 2.71. The third kappa shape index (κ3) is 3.64. The summed E-state index contributed by atoms with van der Waals surface area (Å²) in [4.78, 5) is 0. The Morgan fingerprint density at radius 1 is 1.59 bits per heavy atom. The molecule has 0 fully saturated rings. The van der Waals surface area contributed by atoms with E-state index in [0.717, 1.165) is 22.0 Å². The number of rotatable bonds is 5. The van der Waals surface area contributed by atoms with Crippen LogP contribution in [-0.2, 0) is 0 Å². The number of nitrogens with zero attached hydrogens (tertiary/aromatic N) is 1. The van der Waals surface area contributed by atoms with Gasteiger partial charge >= 0.3 is 0 Å². The predicted molar refractivity (Wildman–Crippen MR) is 74.9 cm³/mol. The van der Waals surface area contributed by atoms with Crippen LogP contribution in [-0.4, -0.2) is 17.5 Å². The van der Waals surface area contributed by atoms with Crippen molar-refractivity contribution in [1.82, 2.24) is 0 Å². The molecule has 5 heteroatoms. The zero-order valence-corrected chi connectivity index (χ0v) is 11.8. The molecule has 0 saturated heterocycles. The van der Waals surface area contributed by atoms with E-state index < -0.39 is 0 Å². The van der Waals surface area contributed by atoms with Crippen molar-refractivity contribution in [2.75, 3.05) is 6.54 Å². The van der Waals surface area contributed by atoms with Crippen LogP contribution in [0.25, 0.3) is 0 Å². The molecule has 0 spiro atoms. The summed E-state index contributed by atoms with van der Waals surface area (Å²) in [6.45, 7) is 2.55. The molecule has 0 amide bonds. The van der Waals surface area contributed by atoms with Gasteiger partial charge in [0.05, 0.1) is 5.71 Å². The van der Waals surface area contributed by atoms with Crippen LogP contribution < -0.4 is 5.73 Å². The van der Waals surface area contributed by atoms with E-state index in [1.807, 2.05) is 29.5 Å². The van der Waals surface area contributed by atoms with Crippen molar-refractivity contribution < 1.29 is 9.60 Å². The van der Waals surface area contributed by atoms with Gasteiger partial charge in [-0.05, 0) is 60.2 Å². The van der Waals surface area contributed by atoms with Gasteiger partial charge in [-0.2, -0.15) is 0 Å². The van der Waals surface area contributed by atoms with Gasteiger partial charge in [-0.15, -0.1) is 0 Å². The Morgan fingerprint density at radius 2 is 2.29 bits per heavy atom. The van der Waals surface area contributed by atoms with Crippen LogP contribution in [0.4, 0.5) is 4.39 Å². The highest BCUT2D eigenvalue weighted by Crippen LogP contribution is 2.21. The lowest BCUT2D eigenvalue weighted by Gasteiger charge is -2.16. The average Bonchev–Trinajstić information content (AvgIpc) is 2.31. The molecule has 0 saturated carbocycles. The fourth-order valence-corrected chi connectivity index (χ4v) is 2.54. The summed E-state index contributed by atoms with van der Waals surface area (Å²) < 4.78 is 13.8. The topological polar surface area (TPSA) is 58.6 Å². The fourth-order valence-electron chi connectivity index (χ4n) is 1.79. The second-order valence-corrected chi connectivity index (χ2v) is 4.95. The van der Waals surface area contributed by atoms with Crippen LogP contribution in [0.2, 0.25) is 0 Å². The molecule has 0 radical (unpaired) electrons. The van der Waals surface area contributed by atoms with E-state index in [-0.39, 0.29) is 11.7 Å². The molecule has 0 heterocycles. The Labute approximate surface area is 114 Å². The SMILES string of the molecule is CCC(CCN)/C(=N/O)c1ccc(F)cc1I. The second-order valence-electron chi connectivity index (χ2n) is 3.79. The van der Waals surface area contributed by atoms with E-state index >= 15 is 0 Å². The quantitative estimate of drug-likeness (QED) is 0.371. The largest absolute Gasteiger partial charge is 0.411 e. The highest BCUT2D eigenvalue weighted by atomic mass is 127. The number of halogens is 2. The van der Waals surface area contributed by atoms with Crippen molar-refractivity contribution >= 4 is 28.3 Å². The average molecular weight is 350 g/mol. The lowest BCUT2D eigenvalue weighted by atomic mass is 9.91. The van der Waals surface area contributed by atoms with E-state index in [0.29, 0.717) is 12.3 Å². The smallest absolute Gasteiger partial charge is 0.124 e. The van der Waals surface area contributed by atoms with Gasteiger partial charge in [0.25, 0.3) is 0 Å². The van der Waals surface area contributed by atoms with Crippen molar-refractivity contribution in [3.63, 3.8) is 0 Å². The van der Waals surface area contributed by atoms with Crippen LogP contribution in [0.1, 0.15) is 25.3 Å². The molecule has 94 valence electrons. The first-order valence-corrected chi connectivity index (χ1v) is 6.59. The van der Waals surface area contributed by atoms with Crippen LogP contribution in [0.3, 0.4) is 0 Å². The van der Waals surface area contributed by atoms with E-state index in [4.69, 9.17) is 10.9 Å². The van der Waals surface area contributed by atoms with Gasteiger partial charge in [-0.3, -0.25) is 0 Å². The molecule has 1 rings (SSSR count). The summed E-state index contributed by atoms with van der Waals surface area (Å²) in [5.41, 5.74) is 6.90. The minimum Gasteiger partial charge on any atom is -0.411 e. The van der Waals surface area contributed by atoms with E-state index in [1.54, 1.807) is 6.07 Å². The Bertz CT molecular complexity index is 409.